The van der Waals surface area contributed by atoms with Crippen LogP contribution in [0.15, 0.2) is 54.6 Å². The van der Waals surface area contributed by atoms with E-state index >= 15 is 0 Å². The summed E-state index contributed by atoms with van der Waals surface area (Å²) in [5.74, 6) is 0. The molecule has 2 aromatic carbocycles. The smallest absolute Gasteiger partial charge is 0.0408 e. The van der Waals surface area contributed by atoms with Crippen LogP contribution in [0.2, 0.25) is 0 Å². The number of unbranched alkanes of at least 4 members (excludes halogenated alkanes) is 1. The topological polar surface area (TPSA) is 6.48 Å². The zero-order valence-electron chi connectivity index (χ0n) is 17.6. The highest BCUT2D eigenvalue weighted by atomic mass is 15.3. The van der Waals surface area contributed by atoms with Crippen molar-refractivity contribution in [1.82, 2.24) is 4.90 Å². The van der Waals surface area contributed by atoms with Gasteiger partial charge < -0.3 is 4.90 Å². The number of hydrogen-bond donors (Lipinski definition) is 0. The van der Waals surface area contributed by atoms with E-state index in [-0.39, 0.29) is 5.41 Å². The van der Waals surface area contributed by atoms with Crippen LogP contribution < -0.4 is 4.90 Å². The fourth-order valence-electron chi connectivity index (χ4n) is 5.37. The van der Waals surface area contributed by atoms with Crippen molar-refractivity contribution in [1.29, 1.82) is 0 Å². The highest BCUT2D eigenvalue weighted by Crippen LogP contribution is 2.48. The van der Waals surface area contributed by atoms with E-state index in [1.807, 2.05) is 0 Å². The van der Waals surface area contributed by atoms with Crippen molar-refractivity contribution in [3.63, 3.8) is 0 Å². The normalized spacial score (nSPS) is 20.2. The number of anilines is 1. The molecule has 1 aliphatic heterocycles. The predicted octanol–water partition coefficient (Wildman–Crippen LogP) is 5.86. The molecule has 0 atom stereocenters. The largest absolute Gasteiger partial charge is 0.369 e. The average molecular weight is 377 g/mol. The van der Waals surface area contributed by atoms with E-state index in [0.717, 1.165) is 13.1 Å². The Hall–Kier alpha value is -1.80. The first-order chi connectivity index (χ1) is 13.8. The molecule has 2 aliphatic rings. The molecule has 1 saturated heterocycles. The van der Waals surface area contributed by atoms with Gasteiger partial charge in [0.15, 0.2) is 0 Å². The molecule has 4 rings (SSSR count). The van der Waals surface area contributed by atoms with Crippen LogP contribution in [0.1, 0.15) is 63.0 Å². The van der Waals surface area contributed by atoms with Gasteiger partial charge in [-0.2, -0.15) is 0 Å². The highest BCUT2D eigenvalue weighted by Gasteiger charge is 2.38. The summed E-state index contributed by atoms with van der Waals surface area (Å²) >= 11 is 0. The third kappa shape index (κ3) is 3.98. The quantitative estimate of drug-likeness (QED) is 0.623. The average Bonchev–Trinajstić information content (AvgIpc) is 2.79. The van der Waals surface area contributed by atoms with Crippen LogP contribution in [0.5, 0.6) is 0 Å². The summed E-state index contributed by atoms with van der Waals surface area (Å²) in [7, 11) is 0. The Labute approximate surface area is 171 Å². The summed E-state index contributed by atoms with van der Waals surface area (Å²) in [6.45, 7) is 8.27. The molecule has 0 aromatic heterocycles. The van der Waals surface area contributed by atoms with Crippen molar-refractivity contribution < 1.29 is 0 Å². The first-order valence-corrected chi connectivity index (χ1v) is 11.5. The van der Waals surface area contributed by atoms with Gasteiger partial charge in [0, 0.05) is 37.3 Å². The van der Waals surface area contributed by atoms with E-state index in [4.69, 9.17) is 0 Å². The minimum Gasteiger partial charge on any atom is -0.369 e. The molecule has 0 bridgehead atoms. The number of rotatable bonds is 6. The van der Waals surface area contributed by atoms with Gasteiger partial charge in [0.1, 0.15) is 0 Å². The van der Waals surface area contributed by atoms with Crippen molar-refractivity contribution in [2.45, 2.75) is 57.3 Å². The minimum atomic E-state index is 0.190. The van der Waals surface area contributed by atoms with E-state index in [2.05, 4.69) is 71.3 Å². The number of hydrogen-bond acceptors (Lipinski definition) is 2. The Balaban J connectivity index is 1.63. The Morgan fingerprint density at radius 2 is 1.46 bits per heavy atom. The maximum Gasteiger partial charge on any atom is 0.0408 e. The van der Waals surface area contributed by atoms with Gasteiger partial charge in [-0.05, 0) is 43.0 Å². The fourth-order valence-corrected chi connectivity index (χ4v) is 5.37. The van der Waals surface area contributed by atoms with Crippen LogP contribution in [0.3, 0.4) is 0 Å². The Bertz CT molecular complexity index is 725. The molecule has 0 radical (unpaired) electrons. The predicted molar refractivity (Wildman–Crippen MR) is 120 cm³/mol. The molecule has 2 fully saturated rings. The summed E-state index contributed by atoms with van der Waals surface area (Å²) in [5.41, 5.74) is 4.77. The monoisotopic (exact) mass is 376 g/mol. The standard InChI is InChI=1S/C26H36N2/c1-2-3-18-27-19-21-28(22-20-27)25-15-9-8-14-24(25)26(16-10-5-11-17-26)23-12-6-4-7-13-23/h4,6-9,12-15H,2-3,5,10-11,16-22H2,1H3. The summed E-state index contributed by atoms with van der Waals surface area (Å²) in [5, 5.41) is 0. The molecular weight excluding hydrogens is 340 g/mol. The van der Waals surface area contributed by atoms with Crippen LogP contribution in [-0.2, 0) is 5.41 Å². The maximum atomic E-state index is 2.66. The molecule has 0 unspecified atom stereocenters. The second kappa shape index (κ2) is 9.13. The van der Waals surface area contributed by atoms with E-state index in [9.17, 15) is 0 Å². The first-order valence-electron chi connectivity index (χ1n) is 11.5. The van der Waals surface area contributed by atoms with E-state index in [1.165, 1.54) is 75.8 Å². The van der Waals surface area contributed by atoms with Crippen molar-refractivity contribution in [3.05, 3.63) is 65.7 Å². The summed E-state index contributed by atoms with van der Waals surface area (Å²) in [4.78, 5) is 5.31. The van der Waals surface area contributed by atoms with Gasteiger partial charge in [-0.15, -0.1) is 0 Å². The number of benzene rings is 2. The lowest BCUT2D eigenvalue weighted by Gasteiger charge is -2.43. The molecule has 0 amide bonds. The van der Waals surface area contributed by atoms with E-state index in [0.29, 0.717) is 0 Å². The van der Waals surface area contributed by atoms with Gasteiger partial charge in [0.25, 0.3) is 0 Å². The SMILES string of the molecule is CCCCN1CCN(c2ccccc2C2(c3ccccc3)CCCCC2)CC1. The van der Waals surface area contributed by atoms with E-state index < -0.39 is 0 Å². The molecule has 150 valence electrons. The molecule has 1 aliphatic carbocycles. The Morgan fingerprint density at radius 1 is 0.786 bits per heavy atom. The molecule has 1 saturated carbocycles. The number of para-hydroxylation sites is 1. The summed E-state index contributed by atoms with van der Waals surface area (Å²) in [6.07, 6.45) is 9.25. The number of nitrogens with zero attached hydrogens (tertiary/aromatic N) is 2. The van der Waals surface area contributed by atoms with Crippen LogP contribution in [0, 0.1) is 0 Å². The third-order valence-electron chi connectivity index (χ3n) is 6.99. The lowest BCUT2D eigenvalue weighted by atomic mass is 9.65. The van der Waals surface area contributed by atoms with Gasteiger partial charge in [0.2, 0.25) is 0 Å². The fraction of sp³-hybridized carbons (Fsp3) is 0.538. The molecule has 1 heterocycles. The molecule has 0 N–H and O–H groups in total. The lowest BCUT2D eigenvalue weighted by molar-refractivity contribution is 0.253. The molecule has 2 nitrogen and oxygen atoms in total. The maximum absolute atomic E-state index is 2.66. The van der Waals surface area contributed by atoms with Crippen molar-refractivity contribution in [2.24, 2.45) is 0 Å². The number of piperazine rings is 1. The van der Waals surface area contributed by atoms with Crippen LogP contribution in [-0.4, -0.2) is 37.6 Å². The second-order valence-electron chi connectivity index (χ2n) is 8.71. The van der Waals surface area contributed by atoms with Gasteiger partial charge in [-0.25, -0.2) is 0 Å². The summed E-state index contributed by atoms with van der Waals surface area (Å²) in [6, 6.07) is 20.6. The lowest BCUT2D eigenvalue weighted by Crippen LogP contribution is -2.47. The van der Waals surface area contributed by atoms with Crippen LogP contribution in [0.4, 0.5) is 5.69 Å². The van der Waals surface area contributed by atoms with E-state index in [1.54, 1.807) is 5.56 Å². The van der Waals surface area contributed by atoms with Gasteiger partial charge >= 0.3 is 0 Å². The Morgan fingerprint density at radius 3 is 2.18 bits per heavy atom. The van der Waals surface area contributed by atoms with Crippen molar-refractivity contribution in [3.8, 4) is 0 Å². The molecular formula is C26H36N2. The Kier molecular flexibility index (Phi) is 6.36. The van der Waals surface area contributed by atoms with Crippen LogP contribution in [0.25, 0.3) is 0 Å². The zero-order chi connectivity index (χ0) is 19.2. The first kappa shape index (κ1) is 19.5. The molecule has 2 heteroatoms. The molecule has 0 spiro atoms. The van der Waals surface area contributed by atoms with Crippen molar-refractivity contribution >= 4 is 5.69 Å². The van der Waals surface area contributed by atoms with Crippen molar-refractivity contribution in [2.75, 3.05) is 37.6 Å². The summed E-state index contributed by atoms with van der Waals surface area (Å²) < 4.78 is 0. The molecule has 28 heavy (non-hydrogen) atoms. The zero-order valence-corrected chi connectivity index (χ0v) is 17.6. The van der Waals surface area contributed by atoms with Gasteiger partial charge in [-0.3, -0.25) is 4.90 Å². The molecule has 2 aromatic rings. The minimum absolute atomic E-state index is 0.190. The van der Waals surface area contributed by atoms with Crippen LogP contribution >= 0.6 is 0 Å². The second-order valence-corrected chi connectivity index (χ2v) is 8.71. The van der Waals surface area contributed by atoms with Gasteiger partial charge in [-0.1, -0.05) is 81.1 Å². The third-order valence-corrected chi connectivity index (χ3v) is 6.99. The van der Waals surface area contributed by atoms with Gasteiger partial charge in [0.05, 0.1) is 0 Å². The highest BCUT2D eigenvalue weighted by molar-refractivity contribution is 5.60.